The van der Waals surface area contributed by atoms with E-state index in [9.17, 15) is 4.79 Å². The molecule has 30 heavy (non-hydrogen) atoms. The molecule has 0 aromatic carbocycles. The molecule has 0 radical (unpaired) electrons. The van der Waals surface area contributed by atoms with Crippen LogP contribution in [0.2, 0.25) is 0 Å². The minimum atomic E-state index is -0.491. The fourth-order valence-corrected chi connectivity index (χ4v) is 2.94. The van der Waals surface area contributed by atoms with Gasteiger partial charge in [-0.25, -0.2) is 4.79 Å². The number of hydrogen-bond donors (Lipinski definition) is 0. The fraction of sp³-hybridized carbons (Fsp3) is 0.654. The lowest BCUT2D eigenvalue weighted by molar-refractivity contribution is -0.148. The van der Waals surface area contributed by atoms with E-state index in [-0.39, 0.29) is 5.97 Å². The molecule has 0 rings (SSSR count). The van der Waals surface area contributed by atoms with Gasteiger partial charge >= 0.3 is 5.97 Å². The predicted octanol–water partition coefficient (Wildman–Crippen LogP) is 6.73. The first kappa shape index (κ1) is 28.4. The number of esters is 1. The van der Waals surface area contributed by atoms with E-state index in [4.69, 9.17) is 14.2 Å². The van der Waals surface area contributed by atoms with Gasteiger partial charge in [0.05, 0.1) is 13.2 Å². The molecule has 0 amide bonds. The number of carbonyl (C=O) groups excluding carboxylic acids is 1. The van der Waals surface area contributed by atoms with Crippen LogP contribution in [0.5, 0.6) is 0 Å². The molecule has 172 valence electrons. The van der Waals surface area contributed by atoms with E-state index in [1.165, 1.54) is 16.7 Å². The van der Waals surface area contributed by atoms with Gasteiger partial charge in [0.25, 0.3) is 0 Å². The van der Waals surface area contributed by atoms with Gasteiger partial charge in [-0.1, -0.05) is 29.4 Å². The molecule has 0 heterocycles. The van der Waals surface area contributed by atoms with Gasteiger partial charge in [-0.2, -0.15) is 0 Å². The van der Waals surface area contributed by atoms with Crippen molar-refractivity contribution in [3.8, 4) is 0 Å². The van der Waals surface area contributed by atoms with Crippen molar-refractivity contribution < 1.29 is 19.0 Å². The Morgan fingerprint density at radius 1 is 0.767 bits per heavy atom. The molecule has 0 unspecified atom stereocenters. The summed E-state index contributed by atoms with van der Waals surface area (Å²) in [6, 6.07) is 0. The number of ether oxygens (including phenoxy) is 3. The van der Waals surface area contributed by atoms with E-state index in [0.717, 1.165) is 44.1 Å². The first-order valence-corrected chi connectivity index (χ1v) is 10.9. The topological polar surface area (TPSA) is 44.8 Å². The molecule has 0 atom stereocenters. The Balaban J connectivity index is 4.74. The van der Waals surface area contributed by atoms with Crippen LogP contribution in [0.4, 0.5) is 0 Å². The van der Waals surface area contributed by atoms with Crippen LogP contribution < -0.4 is 0 Å². The van der Waals surface area contributed by atoms with Crippen LogP contribution in [0.1, 0.15) is 80.1 Å². The Morgan fingerprint density at radius 3 is 1.87 bits per heavy atom. The van der Waals surface area contributed by atoms with Crippen molar-refractivity contribution >= 4 is 5.97 Å². The molecule has 0 spiro atoms. The molecular weight excluding hydrogens is 376 g/mol. The van der Waals surface area contributed by atoms with Gasteiger partial charge in [0.2, 0.25) is 0 Å². The van der Waals surface area contributed by atoms with Crippen LogP contribution in [0.3, 0.4) is 0 Å². The van der Waals surface area contributed by atoms with E-state index in [0.29, 0.717) is 13.2 Å². The fourth-order valence-electron chi connectivity index (χ4n) is 2.94. The van der Waals surface area contributed by atoms with Crippen LogP contribution in [0.15, 0.2) is 46.6 Å². The van der Waals surface area contributed by atoms with Gasteiger partial charge in [-0.05, 0) is 91.2 Å². The third-order valence-electron chi connectivity index (χ3n) is 4.34. The molecule has 0 fully saturated rings. The zero-order chi connectivity index (χ0) is 23.0. The van der Waals surface area contributed by atoms with Gasteiger partial charge in [0.1, 0.15) is 5.60 Å². The number of rotatable bonds is 14. The summed E-state index contributed by atoms with van der Waals surface area (Å²) in [6.07, 6.45) is 14.3. The molecule has 0 saturated carbocycles. The largest absolute Gasteiger partial charge is 0.457 e. The highest BCUT2D eigenvalue weighted by atomic mass is 16.6. The standard InChI is InChI=1S/C26H44O4/c1-21(2)12-9-13-22(3)14-10-15-23(19-28-7)16-11-17-24(20-29-8)18-25(27)30-26(4,5)6/h12,14,16,18H,9-11,13,15,17,19-20H2,1-8H3. The second-order valence-corrected chi connectivity index (χ2v) is 9.01. The molecule has 4 heteroatoms. The van der Waals surface area contributed by atoms with Crippen molar-refractivity contribution in [2.24, 2.45) is 0 Å². The summed E-state index contributed by atoms with van der Waals surface area (Å²) < 4.78 is 16.0. The van der Waals surface area contributed by atoms with Crippen molar-refractivity contribution in [1.29, 1.82) is 0 Å². The molecule has 0 bridgehead atoms. The molecule has 0 aliphatic heterocycles. The lowest BCUT2D eigenvalue weighted by Gasteiger charge is -2.18. The minimum Gasteiger partial charge on any atom is -0.457 e. The number of hydrogen-bond acceptors (Lipinski definition) is 4. The van der Waals surface area contributed by atoms with E-state index in [1.807, 2.05) is 20.8 Å². The quantitative estimate of drug-likeness (QED) is 0.178. The summed E-state index contributed by atoms with van der Waals surface area (Å²) in [4.78, 5) is 12.1. The number of methoxy groups -OCH3 is 2. The van der Waals surface area contributed by atoms with E-state index in [2.05, 4.69) is 39.0 Å². The number of carbonyl (C=O) groups is 1. The minimum absolute atomic E-state index is 0.315. The maximum atomic E-state index is 12.1. The van der Waals surface area contributed by atoms with Crippen molar-refractivity contribution in [1.82, 2.24) is 0 Å². The molecule has 4 nitrogen and oxygen atoms in total. The average molecular weight is 421 g/mol. The molecular formula is C26H44O4. The number of allylic oxidation sites excluding steroid dienone is 5. The van der Waals surface area contributed by atoms with Gasteiger partial charge in [0.15, 0.2) is 0 Å². The third kappa shape index (κ3) is 17.2. The Bertz CT molecular complexity index is 611. The van der Waals surface area contributed by atoms with Crippen LogP contribution in [-0.2, 0) is 19.0 Å². The lowest BCUT2D eigenvalue weighted by atomic mass is 10.0. The summed E-state index contributed by atoms with van der Waals surface area (Å²) in [5.74, 6) is -0.315. The zero-order valence-electron chi connectivity index (χ0n) is 20.6. The summed E-state index contributed by atoms with van der Waals surface area (Å²) >= 11 is 0. The highest BCUT2D eigenvalue weighted by Crippen LogP contribution is 2.15. The smallest absolute Gasteiger partial charge is 0.331 e. The first-order chi connectivity index (χ1) is 14.1. The van der Waals surface area contributed by atoms with E-state index < -0.39 is 5.60 Å². The second kappa shape index (κ2) is 16.1. The Morgan fingerprint density at radius 2 is 1.30 bits per heavy atom. The lowest BCUT2D eigenvalue weighted by Crippen LogP contribution is -2.23. The van der Waals surface area contributed by atoms with Crippen molar-refractivity contribution in [3.63, 3.8) is 0 Å². The molecule has 0 aromatic rings. The van der Waals surface area contributed by atoms with Gasteiger partial charge in [0, 0.05) is 20.3 Å². The first-order valence-electron chi connectivity index (χ1n) is 10.9. The van der Waals surface area contributed by atoms with Crippen LogP contribution in [-0.4, -0.2) is 39.0 Å². The van der Waals surface area contributed by atoms with Crippen LogP contribution >= 0.6 is 0 Å². The third-order valence-corrected chi connectivity index (χ3v) is 4.34. The van der Waals surface area contributed by atoms with Crippen molar-refractivity contribution in [3.05, 3.63) is 46.6 Å². The molecule has 0 aliphatic rings. The highest BCUT2D eigenvalue weighted by molar-refractivity contribution is 5.83. The predicted molar refractivity (Wildman–Crippen MR) is 127 cm³/mol. The maximum Gasteiger partial charge on any atom is 0.331 e. The van der Waals surface area contributed by atoms with Crippen molar-refractivity contribution in [2.75, 3.05) is 27.4 Å². The maximum absolute atomic E-state index is 12.1. The summed E-state index contributed by atoms with van der Waals surface area (Å²) in [5.41, 5.74) is 4.55. The van der Waals surface area contributed by atoms with Gasteiger partial charge in [-0.15, -0.1) is 0 Å². The zero-order valence-corrected chi connectivity index (χ0v) is 20.6. The SMILES string of the molecule is COCC(=CCCC(=CC(=O)OC(C)(C)C)COC)CCC=C(C)CCC=C(C)C. The molecule has 0 aliphatic carbocycles. The van der Waals surface area contributed by atoms with Crippen LogP contribution in [0, 0.1) is 0 Å². The van der Waals surface area contributed by atoms with Gasteiger partial charge < -0.3 is 14.2 Å². The van der Waals surface area contributed by atoms with E-state index >= 15 is 0 Å². The second-order valence-electron chi connectivity index (χ2n) is 9.01. The average Bonchev–Trinajstić information content (AvgIpc) is 2.59. The van der Waals surface area contributed by atoms with E-state index in [1.54, 1.807) is 20.3 Å². The van der Waals surface area contributed by atoms with Gasteiger partial charge in [-0.3, -0.25) is 0 Å². The monoisotopic (exact) mass is 420 g/mol. The molecule has 0 saturated heterocycles. The molecule has 0 aromatic heterocycles. The summed E-state index contributed by atoms with van der Waals surface area (Å²) in [7, 11) is 3.37. The normalized spacial score (nSPS) is 13.4. The Labute approximate surface area is 185 Å². The van der Waals surface area contributed by atoms with Crippen LogP contribution in [0.25, 0.3) is 0 Å². The Hall–Kier alpha value is -1.65. The summed E-state index contributed by atoms with van der Waals surface area (Å²) in [5, 5.41) is 0. The Kier molecular flexibility index (Phi) is 15.2. The molecule has 0 N–H and O–H groups in total. The summed E-state index contributed by atoms with van der Waals surface area (Å²) in [6.45, 7) is 13.2. The highest BCUT2D eigenvalue weighted by Gasteiger charge is 2.15. The van der Waals surface area contributed by atoms with Crippen molar-refractivity contribution in [2.45, 2.75) is 85.7 Å².